The van der Waals surface area contributed by atoms with E-state index in [2.05, 4.69) is 25.9 Å². The third kappa shape index (κ3) is 6.09. The molecule has 0 aliphatic rings. The van der Waals surface area contributed by atoms with E-state index in [1.165, 1.54) is 12.4 Å². The van der Waals surface area contributed by atoms with E-state index in [1.54, 1.807) is 0 Å². The lowest BCUT2D eigenvalue weighted by Gasteiger charge is -2.23. The second kappa shape index (κ2) is 7.52. The monoisotopic (exact) mass is 341 g/mol. The number of alkyl halides is 4. The lowest BCUT2D eigenvalue weighted by Crippen LogP contribution is -2.36. The molecular formula is C11H15BrF3N3O. The largest absolute Gasteiger partial charge is 0.477 e. The molecule has 0 aliphatic heterocycles. The van der Waals surface area contributed by atoms with Gasteiger partial charge in [-0.05, 0) is 6.42 Å². The lowest BCUT2D eigenvalue weighted by molar-refractivity contribution is -0.119. The summed E-state index contributed by atoms with van der Waals surface area (Å²) in [6.07, 6.45) is -0.810. The highest BCUT2D eigenvalue weighted by Gasteiger charge is 2.31. The van der Waals surface area contributed by atoms with Crippen LogP contribution in [-0.4, -0.2) is 41.2 Å². The van der Waals surface area contributed by atoms with E-state index in [0.29, 0.717) is 11.9 Å². The summed E-state index contributed by atoms with van der Waals surface area (Å²) >= 11 is 3.13. The Hall–Kier alpha value is -1.05. The highest BCUT2D eigenvalue weighted by atomic mass is 79.9. The van der Waals surface area contributed by atoms with Crippen LogP contribution in [0.4, 0.5) is 19.0 Å². The van der Waals surface area contributed by atoms with Gasteiger partial charge in [-0.25, -0.2) is 0 Å². The third-order valence-corrected chi connectivity index (χ3v) is 2.46. The number of rotatable bonds is 7. The normalized spacial score (nSPS) is 11.4. The highest BCUT2D eigenvalue weighted by Crippen LogP contribution is 2.21. The van der Waals surface area contributed by atoms with E-state index in [1.807, 2.05) is 6.92 Å². The van der Waals surface area contributed by atoms with Gasteiger partial charge in [0.15, 0.2) is 5.82 Å². The van der Waals surface area contributed by atoms with Crippen LogP contribution in [0.1, 0.15) is 13.3 Å². The van der Waals surface area contributed by atoms with Crippen molar-refractivity contribution in [2.75, 3.05) is 29.9 Å². The minimum absolute atomic E-state index is 0.158. The van der Waals surface area contributed by atoms with E-state index >= 15 is 0 Å². The molecule has 0 spiro atoms. The summed E-state index contributed by atoms with van der Waals surface area (Å²) in [5.41, 5.74) is 0. The molecule has 0 amide bonds. The number of aromatic nitrogens is 2. The summed E-state index contributed by atoms with van der Waals surface area (Å²) in [5, 5.41) is 0.408. The molecule has 0 N–H and O–H groups in total. The van der Waals surface area contributed by atoms with Crippen molar-refractivity contribution in [2.24, 2.45) is 0 Å². The number of hydrogen-bond acceptors (Lipinski definition) is 4. The first kappa shape index (κ1) is 16.0. The fourth-order valence-electron chi connectivity index (χ4n) is 1.36. The second-order valence-corrected chi connectivity index (χ2v) is 4.58. The zero-order valence-electron chi connectivity index (χ0n) is 10.5. The average Bonchev–Trinajstić information content (AvgIpc) is 2.35. The van der Waals surface area contributed by atoms with Gasteiger partial charge < -0.3 is 9.64 Å². The molecule has 19 heavy (non-hydrogen) atoms. The van der Waals surface area contributed by atoms with Crippen molar-refractivity contribution < 1.29 is 17.9 Å². The highest BCUT2D eigenvalue weighted by molar-refractivity contribution is 9.09. The average molecular weight is 342 g/mol. The maximum Gasteiger partial charge on any atom is 0.405 e. The van der Waals surface area contributed by atoms with Gasteiger partial charge in [-0.3, -0.25) is 4.98 Å². The van der Waals surface area contributed by atoms with Crippen LogP contribution < -0.4 is 9.64 Å². The second-order valence-electron chi connectivity index (χ2n) is 3.79. The van der Waals surface area contributed by atoms with Crippen molar-refractivity contribution in [3.8, 4) is 5.88 Å². The van der Waals surface area contributed by atoms with E-state index in [9.17, 15) is 13.2 Å². The first-order valence-electron chi connectivity index (χ1n) is 5.78. The van der Waals surface area contributed by atoms with Crippen LogP contribution in [-0.2, 0) is 0 Å². The SMILES string of the molecule is CCCOc1cncc(N(CCBr)CC(F)(F)F)n1. The van der Waals surface area contributed by atoms with E-state index in [-0.39, 0.29) is 18.2 Å². The van der Waals surface area contributed by atoms with Gasteiger partial charge in [-0.15, -0.1) is 0 Å². The molecule has 0 saturated carbocycles. The Morgan fingerprint density at radius 1 is 1.37 bits per heavy atom. The molecule has 1 heterocycles. The molecule has 0 radical (unpaired) electrons. The summed E-state index contributed by atoms with van der Waals surface area (Å²) in [5.74, 6) is 0.395. The summed E-state index contributed by atoms with van der Waals surface area (Å²) in [6.45, 7) is 1.50. The molecule has 4 nitrogen and oxygen atoms in total. The van der Waals surface area contributed by atoms with Gasteiger partial charge in [0.25, 0.3) is 0 Å². The molecule has 0 aromatic carbocycles. The van der Waals surface area contributed by atoms with Crippen molar-refractivity contribution in [1.82, 2.24) is 9.97 Å². The lowest BCUT2D eigenvalue weighted by atomic mass is 10.4. The fraction of sp³-hybridized carbons (Fsp3) is 0.636. The number of halogens is 4. The van der Waals surface area contributed by atoms with Gasteiger partial charge in [-0.2, -0.15) is 18.2 Å². The van der Waals surface area contributed by atoms with Crippen molar-refractivity contribution in [3.63, 3.8) is 0 Å². The Bertz CT molecular complexity index is 390. The van der Waals surface area contributed by atoms with Gasteiger partial charge in [0, 0.05) is 11.9 Å². The Labute approximate surface area is 118 Å². The summed E-state index contributed by atoms with van der Waals surface area (Å²) in [4.78, 5) is 9.00. The molecule has 0 unspecified atom stereocenters. The first-order valence-corrected chi connectivity index (χ1v) is 6.91. The molecule has 1 aromatic rings. The van der Waals surface area contributed by atoms with Crippen LogP contribution in [0.2, 0.25) is 0 Å². The summed E-state index contributed by atoms with van der Waals surface area (Å²) in [7, 11) is 0. The zero-order chi connectivity index (χ0) is 14.3. The smallest absolute Gasteiger partial charge is 0.405 e. The molecule has 108 valence electrons. The molecule has 1 aromatic heterocycles. The maximum atomic E-state index is 12.5. The number of hydrogen-bond donors (Lipinski definition) is 0. The minimum atomic E-state index is -4.29. The van der Waals surface area contributed by atoms with Crippen LogP contribution in [0.25, 0.3) is 0 Å². The molecule has 8 heteroatoms. The minimum Gasteiger partial charge on any atom is -0.477 e. The van der Waals surface area contributed by atoms with Gasteiger partial charge in [-0.1, -0.05) is 22.9 Å². The molecule has 1 rings (SSSR count). The van der Waals surface area contributed by atoms with Gasteiger partial charge in [0.1, 0.15) is 6.54 Å². The third-order valence-electron chi connectivity index (χ3n) is 2.10. The van der Waals surface area contributed by atoms with Gasteiger partial charge in [0.05, 0.1) is 19.0 Å². The van der Waals surface area contributed by atoms with Crippen LogP contribution >= 0.6 is 15.9 Å². The summed E-state index contributed by atoms with van der Waals surface area (Å²) in [6, 6.07) is 0. The Morgan fingerprint density at radius 3 is 2.68 bits per heavy atom. The Balaban J connectivity index is 2.83. The molecule has 0 saturated heterocycles. The topological polar surface area (TPSA) is 38.2 Å². The Morgan fingerprint density at radius 2 is 2.11 bits per heavy atom. The number of anilines is 1. The molecule has 0 atom stereocenters. The van der Waals surface area contributed by atoms with Crippen molar-refractivity contribution in [1.29, 1.82) is 0 Å². The summed E-state index contributed by atoms with van der Waals surface area (Å²) < 4.78 is 42.7. The van der Waals surface area contributed by atoms with Gasteiger partial charge >= 0.3 is 6.18 Å². The molecular weight excluding hydrogens is 327 g/mol. The number of nitrogens with zero attached hydrogens (tertiary/aromatic N) is 3. The van der Waals surface area contributed by atoms with Crippen LogP contribution in [0.15, 0.2) is 12.4 Å². The molecule has 0 aliphatic carbocycles. The van der Waals surface area contributed by atoms with Crippen LogP contribution in [0.3, 0.4) is 0 Å². The fourth-order valence-corrected chi connectivity index (χ4v) is 1.79. The van der Waals surface area contributed by atoms with Crippen molar-refractivity contribution in [2.45, 2.75) is 19.5 Å². The van der Waals surface area contributed by atoms with Crippen LogP contribution in [0.5, 0.6) is 5.88 Å². The van der Waals surface area contributed by atoms with E-state index in [4.69, 9.17) is 4.74 Å². The zero-order valence-corrected chi connectivity index (χ0v) is 12.0. The number of ether oxygens (including phenoxy) is 1. The Kier molecular flexibility index (Phi) is 6.33. The molecule has 0 bridgehead atoms. The predicted molar refractivity (Wildman–Crippen MR) is 69.9 cm³/mol. The predicted octanol–water partition coefficient (Wildman–Crippen LogP) is 3.03. The molecule has 0 fully saturated rings. The van der Waals surface area contributed by atoms with Gasteiger partial charge in [0.2, 0.25) is 5.88 Å². The van der Waals surface area contributed by atoms with Crippen molar-refractivity contribution in [3.05, 3.63) is 12.4 Å². The standard InChI is InChI=1S/C11H15BrF3N3O/c1-2-5-19-10-7-16-6-9(17-10)18(4-3-12)8-11(13,14)15/h6-7H,2-5,8H2,1H3. The quantitative estimate of drug-likeness (QED) is 0.714. The first-order chi connectivity index (χ1) is 8.96. The van der Waals surface area contributed by atoms with E-state index < -0.39 is 12.7 Å². The maximum absolute atomic E-state index is 12.5. The van der Waals surface area contributed by atoms with Crippen molar-refractivity contribution >= 4 is 21.7 Å². The van der Waals surface area contributed by atoms with E-state index in [0.717, 1.165) is 11.3 Å². The van der Waals surface area contributed by atoms with Crippen LogP contribution in [0, 0.1) is 0 Å².